The Bertz CT molecular complexity index is 624. The van der Waals surface area contributed by atoms with E-state index in [9.17, 15) is 13.2 Å². The van der Waals surface area contributed by atoms with Gasteiger partial charge in [-0.15, -0.1) is 0 Å². The van der Waals surface area contributed by atoms with E-state index in [4.69, 9.17) is 4.74 Å². The van der Waals surface area contributed by atoms with Crippen LogP contribution in [0.15, 0.2) is 36.7 Å². The molecule has 1 aliphatic rings. The Kier molecular flexibility index (Phi) is 3.50. The number of aromatic nitrogens is 2. The first-order chi connectivity index (χ1) is 10.0. The summed E-state index contributed by atoms with van der Waals surface area (Å²) in [7, 11) is 0. The quantitative estimate of drug-likeness (QED) is 0.945. The molecule has 0 bridgehead atoms. The van der Waals surface area contributed by atoms with E-state index in [1.807, 2.05) is 0 Å². The number of halogens is 3. The minimum atomic E-state index is -4.46. The molecule has 2 heterocycles. The van der Waals surface area contributed by atoms with Crippen molar-refractivity contribution in [1.29, 1.82) is 0 Å². The van der Waals surface area contributed by atoms with Gasteiger partial charge in [-0.1, -0.05) is 12.1 Å². The number of hydrogen-bond acceptors (Lipinski definition) is 4. The molecular weight excluding hydrogens is 283 g/mol. The Morgan fingerprint density at radius 1 is 1.10 bits per heavy atom. The van der Waals surface area contributed by atoms with Gasteiger partial charge < -0.3 is 10.1 Å². The Balaban J connectivity index is 1.80. The lowest BCUT2D eigenvalue weighted by Crippen LogP contribution is -2.40. The molecule has 2 aromatic rings. The van der Waals surface area contributed by atoms with Gasteiger partial charge in [0.15, 0.2) is 5.75 Å². The summed E-state index contributed by atoms with van der Waals surface area (Å²) in [5, 5.41) is 3.10. The van der Waals surface area contributed by atoms with Gasteiger partial charge in [0, 0.05) is 19.0 Å². The fraction of sp³-hybridized carbons (Fsp3) is 0.286. The van der Waals surface area contributed by atoms with Gasteiger partial charge in [0.05, 0.1) is 18.0 Å². The first kappa shape index (κ1) is 13.8. The summed E-state index contributed by atoms with van der Waals surface area (Å²) in [5.74, 6) is 0.862. The van der Waals surface area contributed by atoms with Crippen molar-refractivity contribution in [3.8, 4) is 11.5 Å². The van der Waals surface area contributed by atoms with Crippen LogP contribution in [0.5, 0.6) is 11.5 Å². The molecule has 0 aliphatic carbocycles. The van der Waals surface area contributed by atoms with Crippen LogP contribution in [0.1, 0.15) is 17.3 Å². The highest BCUT2D eigenvalue weighted by Gasteiger charge is 2.34. The van der Waals surface area contributed by atoms with Crippen LogP contribution in [0, 0.1) is 0 Å². The van der Waals surface area contributed by atoms with E-state index in [1.54, 1.807) is 0 Å². The molecule has 0 radical (unpaired) electrons. The van der Waals surface area contributed by atoms with E-state index in [0.717, 1.165) is 19.2 Å². The van der Waals surface area contributed by atoms with Crippen LogP contribution in [0.4, 0.5) is 13.2 Å². The van der Waals surface area contributed by atoms with E-state index < -0.39 is 11.7 Å². The Morgan fingerprint density at radius 3 is 2.33 bits per heavy atom. The molecule has 7 heteroatoms. The zero-order valence-corrected chi connectivity index (χ0v) is 10.9. The van der Waals surface area contributed by atoms with Crippen molar-refractivity contribution in [2.24, 2.45) is 0 Å². The maximum Gasteiger partial charge on any atom is 0.419 e. The second kappa shape index (κ2) is 5.33. The van der Waals surface area contributed by atoms with Crippen molar-refractivity contribution in [1.82, 2.24) is 15.3 Å². The SMILES string of the molecule is FC(F)(F)c1ccccc1Oc1cnc(C2CNC2)nc1. The molecule has 21 heavy (non-hydrogen) atoms. The third-order valence-electron chi connectivity index (χ3n) is 3.22. The number of hydrogen-bond donors (Lipinski definition) is 1. The van der Waals surface area contributed by atoms with Crippen LogP contribution in [0.3, 0.4) is 0 Å². The van der Waals surface area contributed by atoms with Crippen LogP contribution in [-0.4, -0.2) is 23.1 Å². The van der Waals surface area contributed by atoms with Gasteiger partial charge in [0.2, 0.25) is 0 Å². The average molecular weight is 295 g/mol. The summed E-state index contributed by atoms with van der Waals surface area (Å²) >= 11 is 0. The molecular formula is C14H12F3N3O. The highest BCUT2D eigenvalue weighted by atomic mass is 19.4. The molecule has 0 atom stereocenters. The van der Waals surface area contributed by atoms with Crippen LogP contribution in [0.2, 0.25) is 0 Å². The van der Waals surface area contributed by atoms with E-state index >= 15 is 0 Å². The molecule has 3 rings (SSSR count). The fourth-order valence-corrected chi connectivity index (χ4v) is 1.98. The van der Waals surface area contributed by atoms with Crippen molar-refractivity contribution < 1.29 is 17.9 Å². The summed E-state index contributed by atoms with van der Waals surface area (Å²) in [4.78, 5) is 8.26. The molecule has 1 aromatic carbocycles. The minimum Gasteiger partial charge on any atom is -0.453 e. The standard InChI is InChI=1S/C14H12F3N3O/c15-14(16,17)11-3-1-2-4-12(11)21-10-7-19-13(20-8-10)9-5-18-6-9/h1-4,7-9,18H,5-6H2. The lowest BCUT2D eigenvalue weighted by molar-refractivity contribution is -0.138. The van der Waals surface area contributed by atoms with Gasteiger partial charge in [-0.3, -0.25) is 0 Å². The maximum atomic E-state index is 12.9. The fourth-order valence-electron chi connectivity index (χ4n) is 1.98. The number of benzene rings is 1. The van der Waals surface area contributed by atoms with Crippen molar-refractivity contribution in [2.45, 2.75) is 12.1 Å². The Hall–Kier alpha value is -2.15. The van der Waals surface area contributed by atoms with Gasteiger partial charge in [0.1, 0.15) is 11.6 Å². The van der Waals surface area contributed by atoms with Gasteiger partial charge in [-0.05, 0) is 12.1 Å². The number of nitrogens with one attached hydrogen (secondary N) is 1. The number of alkyl halides is 3. The summed E-state index contributed by atoms with van der Waals surface area (Å²) in [5.41, 5.74) is -0.822. The molecule has 1 aliphatic heterocycles. The first-order valence-electron chi connectivity index (χ1n) is 6.41. The summed E-state index contributed by atoms with van der Waals surface area (Å²) in [6.45, 7) is 1.63. The van der Waals surface area contributed by atoms with E-state index in [-0.39, 0.29) is 17.4 Å². The Morgan fingerprint density at radius 2 is 1.76 bits per heavy atom. The monoisotopic (exact) mass is 295 g/mol. The first-order valence-corrected chi connectivity index (χ1v) is 6.41. The number of para-hydroxylation sites is 1. The number of ether oxygens (including phenoxy) is 1. The van der Waals surface area contributed by atoms with Crippen LogP contribution >= 0.6 is 0 Å². The van der Waals surface area contributed by atoms with Crippen molar-refractivity contribution in [3.63, 3.8) is 0 Å². The molecule has 0 unspecified atom stereocenters. The van der Waals surface area contributed by atoms with Crippen LogP contribution in [0.25, 0.3) is 0 Å². The molecule has 1 aromatic heterocycles. The molecule has 0 amide bonds. The molecule has 4 nitrogen and oxygen atoms in total. The average Bonchev–Trinajstić information content (AvgIpc) is 2.38. The third kappa shape index (κ3) is 2.97. The summed E-state index contributed by atoms with van der Waals surface area (Å²) in [6, 6.07) is 5.05. The van der Waals surface area contributed by atoms with Crippen LogP contribution < -0.4 is 10.1 Å². The van der Waals surface area contributed by atoms with Crippen molar-refractivity contribution in [2.75, 3.05) is 13.1 Å². The predicted octanol–water partition coefficient (Wildman–Crippen LogP) is 2.97. The lowest BCUT2D eigenvalue weighted by Gasteiger charge is -2.25. The maximum absolute atomic E-state index is 12.9. The van der Waals surface area contributed by atoms with Gasteiger partial charge in [-0.2, -0.15) is 13.2 Å². The molecule has 0 spiro atoms. The normalized spacial score (nSPS) is 15.6. The zero-order valence-electron chi connectivity index (χ0n) is 10.9. The highest BCUT2D eigenvalue weighted by Crippen LogP contribution is 2.37. The zero-order chi connectivity index (χ0) is 14.9. The van der Waals surface area contributed by atoms with Gasteiger partial charge >= 0.3 is 6.18 Å². The molecule has 1 N–H and O–H groups in total. The van der Waals surface area contributed by atoms with E-state index in [2.05, 4.69) is 15.3 Å². The smallest absolute Gasteiger partial charge is 0.419 e. The predicted molar refractivity (Wildman–Crippen MR) is 69.2 cm³/mol. The van der Waals surface area contributed by atoms with Crippen molar-refractivity contribution in [3.05, 3.63) is 48.0 Å². The highest BCUT2D eigenvalue weighted by molar-refractivity contribution is 5.38. The minimum absolute atomic E-state index is 0.183. The Labute approximate surface area is 119 Å². The second-order valence-electron chi connectivity index (χ2n) is 4.73. The van der Waals surface area contributed by atoms with E-state index in [0.29, 0.717) is 5.82 Å². The second-order valence-corrected chi connectivity index (χ2v) is 4.73. The number of rotatable bonds is 3. The third-order valence-corrected chi connectivity index (χ3v) is 3.22. The summed E-state index contributed by atoms with van der Waals surface area (Å²) < 4.78 is 43.8. The summed E-state index contributed by atoms with van der Waals surface area (Å²) in [6.07, 6.45) is -1.67. The molecule has 110 valence electrons. The molecule has 1 saturated heterocycles. The molecule has 1 fully saturated rings. The van der Waals surface area contributed by atoms with Crippen LogP contribution in [-0.2, 0) is 6.18 Å². The lowest BCUT2D eigenvalue weighted by atomic mass is 10.0. The van der Waals surface area contributed by atoms with Crippen molar-refractivity contribution >= 4 is 0 Å². The molecule has 0 saturated carbocycles. The van der Waals surface area contributed by atoms with Gasteiger partial charge in [-0.25, -0.2) is 9.97 Å². The topological polar surface area (TPSA) is 47.0 Å². The van der Waals surface area contributed by atoms with E-state index in [1.165, 1.54) is 30.6 Å². The van der Waals surface area contributed by atoms with Gasteiger partial charge in [0.25, 0.3) is 0 Å². The largest absolute Gasteiger partial charge is 0.453 e. The number of nitrogens with zero attached hydrogens (tertiary/aromatic N) is 2.